The molecule has 1 aromatic heterocycles. The summed E-state index contributed by atoms with van der Waals surface area (Å²) >= 11 is 0. The molecule has 0 atom stereocenters. The Bertz CT molecular complexity index is 417. The largest absolute Gasteiger partial charge is 0.497 e. The van der Waals surface area contributed by atoms with Gasteiger partial charge in [-0.15, -0.1) is 0 Å². The zero-order valence-electron chi connectivity index (χ0n) is 12.2. The summed E-state index contributed by atoms with van der Waals surface area (Å²) in [5.74, 6) is 0.337. The second kappa shape index (κ2) is 5.90. The van der Waals surface area contributed by atoms with Crippen LogP contribution in [0.5, 0.6) is 5.88 Å². The number of rotatable bonds is 6. The summed E-state index contributed by atoms with van der Waals surface area (Å²) in [5, 5.41) is 20.2. The van der Waals surface area contributed by atoms with Gasteiger partial charge in [-0.25, -0.2) is 4.98 Å². The van der Waals surface area contributed by atoms with Gasteiger partial charge in [0.25, 0.3) is 0 Å². The van der Waals surface area contributed by atoms with E-state index in [1.54, 1.807) is 46.0 Å². The molecule has 1 heterocycles. The minimum absolute atomic E-state index is 0.337. The molecule has 0 saturated heterocycles. The molecule has 0 bridgehead atoms. The van der Waals surface area contributed by atoms with E-state index in [0.717, 1.165) is 0 Å². The maximum atomic E-state index is 10.2. The lowest BCUT2D eigenvalue weighted by atomic mass is 9.77. The molecule has 0 aliphatic heterocycles. The van der Waals surface area contributed by atoms with Crippen molar-refractivity contribution >= 4 is 12.6 Å². The first kappa shape index (κ1) is 16.0. The highest BCUT2D eigenvalue weighted by Gasteiger charge is 2.40. The van der Waals surface area contributed by atoms with Gasteiger partial charge in [0.1, 0.15) is 0 Å². The van der Waals surface area contributed by atoms with Crippen LogP contribution >= 0.6 is 0 Å². The molecule has 0 saturated carbocycles. The molecule has 106 valence electrons. The summed E-state index contributed by atoms with van der Waals surface area (Å²) in [4.78, 5) is 4.06. The van der Waals surface area contributed by atoms with Crippen LogP contribution in [0.4, 0.5) is 0 Å². The van der Waals surface area contributed by atoms with Gasteiger partial charge in [0, 0.05) is 11.7 Å². The zero-order valence-corrected chi connectivity index (χ0v) is 12.2. The van der Waals surface area contributed by atoms with E-state index in [9.17, 15) is 10.1 Å². The maximum absolute atomic E-state index is 10.2. The van der Waals surface area contributed by atoms with E-state index in [1.165, 1.54) is 0 Å². The third-order valence-corrected chi connectivity index (χ3v) is 3.23. The quantitative estimate of drug-likeness (QED) is 0.743. The molecular weight excluding hydrogens is 245 g/mol. The van der Waals surface area contributed by atoms with Crippen LogP contribution in [0.3, 0.4) is 0 Å². The van der Waals surface area contributed by atoms with Crippen molar-refractivity contribution in [2.45, 2.75) is 45.8 Å². The number of hydrogen-bond acceptors (Lipinski definition) is 5. The van der Waals surface area contributed by atoms with E-state index in [1.807, 2.05) is 6.92 Å². The predicted molar refractivity (Wildman–Crippen MR) is 74.5 cm³/mol. The lowest BCUT2D eigenvalue weighted by Crippen LogP contribution is -2.53. The van der Waals surface area contributed by atoms with Crippen LogP contribution < -0.4 is 10.2 Å². The van der Waals surface area contributed by atoms with E-state index in [2.05, 4.69) is 4.98 Å². The summed E-state index contributed by atoms with van der Waals surface area (Å²) in [5.41, 5.74) is -1.57. The van der Waals surface area contributed by atoms with E-state index in [4.69, 9.17) is 9.39 Å². The number of nitrogens with zero attached hydrogens (tertiary/aromatic N) is 1. The molecule has 1 aromatic rings. The van der Waals surface area contributed by atoms with E-state index in [-0.39, 0.29) is 0 Å². The van der Waals surface area contributed by atoms with Gasteiger partial charge < -0.3 is 19.5 Å². The number of pyridine rings is 1. The van der Waals surface area contributed by atoms with Gasteiger partial charge in [-0.1, -0.05) is 6.07 Å². The molecule has 2 N–H and O–H groups in total. The minimum atomic E-state index is -1.21. The number of hydrogen-bond donors (Lipinski definition) is 2. The Morgan fingerprint density at radius 3 is 2.47 bits per heavy atom. The van der Waals surface area contributed by atoms with Gasteiger partial charge in [0.15, 0.2) is 0 Å². The highest BCUT2D eigenvalue weighted by Crippen LogP contribution is 2.25. The molecule has 5 nitrogen and oxygen atoms in total. The van der Waals surface area contributed by atoms with Crippen molar-refractivity contribution in [3.05, 3.63) is 18.3 Å². The van der Waals surface area contributed by atoms with Gasteiger partial charge >= 0.3 is 7.12 Å². The summed E-state index contributed by atoms with van der Waals surface area (Å²) < 4.78 is 10.9. The SMILES string of the molecule is CCOc1ncccc1B(O)OC(C)(C)C(C)(C)O. The number of aliphatic hydroxyl groups is 1. The summed E-state index contributed by atoms with van der Waals surface area (Å²) in [6.45, 7) is 8.98. The van der Waals surface area contributed by atoms with Crippen LogP contribution in [0.15, 0.2) is 18.3 Å². The molecule has 0 spiro atoms. The Hall–Kier alpha value is -1.11. The Labute approximate surface area is 114 Å². The van der Waals surface area contributed by atoms with Crippen molar-refractivity contribution in [3.8, 4) is 5.88 Å². The first-order chi connectivity index (χ1) is 8.69. The Kier molecular flexibility index (Phi) is 4.95. The van der Waals surface area contributed by atoms with Crippen molar-refractivity contribution in [2.75, 3.05) is 6.61 Å². The monoisotopic (exact) mass is 267 g/mol. The van der Waals surface area contributed by atoms with Crippen molar-refractivity contribution in [2.24, 2.45) is 0 Å². The fraction of sp³-hybridized carbons (Fsp3) is 0.615. The molecule has 0 unspecified atom stereocenters. The lowest BCUT2D eigenvalue weighted by Gasteiger charge is -2.38. The predicted octanol–water partition coefficient (Wildman–Crippen LogP) is 0.734. The molecule has 0 aromatic carbocycles. The molecule has 0 aliphatic carbocycles. The van der Waals surface area contributed by atoms with Crippen molar-refractivity contribution in [3.63, 3.8) is 0 Å². The minimum Gasteiger partial charge on any atom is -0.478 e. The standard InChI is InChI=1S/C13H22BNO4/c1-6-18-11-10(8-7-9-15-11)14(17)19-13(4,5)12(2,3)16/h7-9,16-17H,6H2,1-5H3. The molecule has 0 aliphatic rings. The van der Waals surface area contributed by atoms with Gasteiger partial charge in [-0.05, 0) is 40.7 Å². The smallest absolute Gasteiger partial charge is 0.478 e. The average Bonchev–Trinajstić information content (AvgIpc) is 2.28. The summed E-state index contributed by atoms with van der Waals surface area (Å²) in [7, 11) is -1.21. The molecular formula is C13H22BNO4. The third kappa shape index (κ3) is 3.93. The normalized spacial score (nSPS) is 12.4. The van der Waals surface area contributed by atoms with Gasteiger partial charge in [0.05, 0.1) is 17.8 Å². The van der Waals surface area contributed by atoms with Gasteiger partial charge in [-0.2, -0.15) is 0 Å². The molecule has 19 heavy (non-hydrogen) atoms. The van der Waals surface area contributed by atoms with Crippen LogP contribution in [0.25, 0.3) is 0 Å². The fourth-order valence-electron chi connectivity index (χ4n) is 1.34. The summed E-state index contributed by atoms with van der Waals surface area (Å²) in [6, 6.07) is 3.38. The fourth-order valence-corrected chi connectivity index (χ4v) is 1.34. The molecule has 0 fully saturated rings. The molecule has 0 radical (unpaired) electrons. The van der Waals surface area contributed by atoms with E-state index >= 15 is 0 Å². The molecule has 1 rings (SSSR count). The average molecular weight is 267 g/mol. The second-order valence-corrected chi connectivity index (χ2v) is 5.37. The Morgan fingerprint density at radius 2 is 1.95 bits per heavy atom. The first-order valence-corrected chi connectivity index (χ1v) is 6.35. The molecule has 6 heteroatoms. The van der Waals surface area contributed by atoms with E-state index in [0.29, 0.717) is 17.9 Å². The highest BCUT2D eigenvalue weighted by atomic mass is 16.6. The molecule has 0 amide bonds. The highest BCUT2D eigenvalue weighted by molar-refractivity contribution is 6.61. The topological polar surface area (TPSA) is 71.8 Å². The second-order valence-electron chi connectivity index (χ2n) is 5.37. The van der Waals surface area contributed by atoms with Crippen LogP contribution in [-0.2, 0) is 4.65 Å². The lowest BCUT2D eigenvalue weighted by molar-refractivity contribution is -0.0983. The van der Waals surface area contributed by atoms with Crippen molar-refractivity contribution in [1.29, 1.82) is 0 Å². The first-order valence-electron chi connectivity index (χ1n) is 6.35. The van der Waals surface area contributed by atoms with Crippen LogP contribution in [0.2, 0.25) is 0 Å². The van der Waals surface area contributed by atoms with E-state index < -0.39 is 18.3 Å². The van der Waals surface area contributed by atoms with Crippen molar-refractivity contribution < 1.29 is 19.5 Å². The van der Waals surface area contributed by atoms with Crippen LogP contribution in [0.1, 0.15) is 34.6 Å². The zero-order chi connectivity index (χ0) is 14.7. The maximum Gasteiger partial charge on any atom is 0.497 e. The third-order valence-electron chi connectivity index (χ3n) is 3.23. The van der Waals surface area contributed by atoms with Gasteiger partial charge in [-0.3, -0.25) is 0 Å². The Morgan fingerprint density at radius 1 is 1.32 bits per heavy atom. The van der Waals surface area contributed by atoms with Crippen LogP contribution in [0, 0.1) is 0 Å². The Balaban J connectivity index is 2.92. The number of ether oxygens (including phenoxy) is 1. The summed E-state index contributed by atoms with van der Waals surface area (Å²) in [6.07, 6.45) is 1.59. The number of aromatic nitrogens is 1. The van der Waals surface area contributed by atoms with Crippen molar-refractivity contribution in [1.82, 2.24) is 4.98 Å². The van der Waals surface area contributed by atoms with Gasteiger partial charge in [0.2, 0.25) is 5.88 Å². The van der Waals surface area contributed by atoms with Crippen LogP contribution in [-0.4, -0.2) is 40.0 Å².